The number of fused-ring (bicyclic) bond motifs is 1. The van der Waals surface area contributed by atoms with Crippen LogP contribution in [-0.2, 0) is 14.9 Å². The van der Waals surface area contributed by atoms with Crippen molar-refractivity contribution >= 4 is 34.5 Å². The van der Waals surface area contributed by atoms with Crippen molar-refractivity contribution in [3.63, 3.8) is 0 Å². The van der Waals surface area contributed by atoms with E-state index in [0.717, 1.165) is 23.1 Å². The first-order chi connectivity index (χ1) is 16.7. The molecular weight excluding hydrogens is 456 g/mol. The minimum atomic E-state index is -0.936. The number of thiophene rings is 1. The summed E-state index contributed by atoms with van der Waals surface area (Å²) < 4.78 is 11.0. The third-order valence-electron chi connectivity index (χ3n) is 6.64. The van der Waals surface area contributed by atoms with Gasteiger partial charge in [-0.1, -0.05) is 50.3 Å². The molecule has 3 aromatic rings. The molecule has 1 aromatic heterocycles. The number of benzene rings is 2. The molecule has 182 valence electrons. The van der Waals surface area contributed by atoms with Gasteiger partial charge in [0.1, 0.15) is 0 Å². The van der Waals surface area contributed by atoms with Crippen molar-refractivity contribution in [1.82, 2.24) is 0 Å². The summed E-state index contributed by atoms with van der Waals surface area (Å²) in [5.74, 6) is -0.936. The topological polar surface area (TPSA) is 55.8 Å². The second kappa shape index (κ2) is 10.3. The molecule has 0 aliphatic heterocycles. The Bertz CT molecular complexity index is 1270. The lowest BCUT2D eigenvalue weighted by molar-refractivity contribution is -0.0970. The van der Waals surface area contributed by atoms with E-state index in [2.05, 4.69) is 63.3 Å². The molecule has 0 unspecified atom stereocenters. The lowest BCUT2D eigenvalue weighted by Crippen LogP contribution is -2.21. The van der Waals surface area contributed by atoms with Crippen LogP contribution in [0.5, 0.6) is 0 Å². The van der Waals surface area contributed by atoms with Crippen LogP contribution in [0, 0.1) is 6.92 Å². The van der Waals surface area contributed by atoms with Crippen LogP contribution >= 0.6 is 11.3 Å². The van der Waals surface area contributed by atoms with Gasteiger partial charge in [-0.2, -0.15) is 0 Å². The summed E-state index contributed by atoms with van der Waals surface area (Å²) in [5, 5.41) is 9.29. The second-order valence-electron chi connectivity index (χ2n) is 9.58. The van der Waals surface area contributed by atoms with Gasteiger partial charge in [0.05, 0.1) is 5.56 Å². The highest BCUT2D eigenvalue weighted by Crippen LogP contribution is 2.43. The van der Waals surface area contributed by atoms with Gasteiger partial charge in [-0.3, -0.25) is 0 Å². The number of aryl methyl sites for hydroxylation is 1. The Morgan fingerprint density at radius 1 is 1.06 bits per heavy atom. The normalized spacial score (nSPS) is 15.1. The zero-order valence-corrected chi connectivity index (χ0v) is 21.7. The molecule has 0 saturated heterocycles. The Balaban J connectivity index is 1.80. The van der Waals surface area contributed by atoms with Crippen molar-refractivity contribution in [2.75, 3.05) is 14.2 Å². The van der Waals surface area contributed by atoms with Crippen molar-refractivity contribution in [2.24, 2.45) is 0 Å². The van der Waals surface area contributed by atoms with Gasteiger partial charge < -0.3 is 14.6 Å². The van der Waals surface area contributed by atoms with Crippen LogP contribution in [0.2, 0.25) is 0 Å². The summed E-state index contributed by atoms with van der Waals surface area (Å²) in [4.78, 5) is 13.9. The first-order valence-corrected chi connectivity index (χ1v) is 12.6. The summed E-state index contributed by atoms with van der Waals surface area (Å²) in [7, 11) is 3.25. The van der Waals surface area contributed by atoms with Crippen molar-refractivity contribution in [3.05, 3.63) is 98.2 Å². The van der Waals surface area contributed by atoms with Crippen molar-refractivity contribution in [2.45, 2.75) is 45.3 Å². The predicted molar refractivity (Wildman–Crippen MR) is 144 cm³/mol. The smallest absolute Gasteiger partial charge is 0.335 e. The second-order valence-corrected chi connectivity index (χ2v) is 10.9. The molecule has 4 rings (SSSR count). The fourth-order valence-electron chi connectivity index (χ4n) is 4.58. The van der Waals surface area contributed by atoms with E-state index in [1.165, 1.54) is 26.5 Å². The molecule has 0 fully saturated rings. The largest absolute Gasteiger partial charge is 0.478 e. The van der Waals surface area contributed by atoms with Crippen LogP contribution in [0.25, 0.3) is 17.2 Å². The molecule has 0 spiro atoms. The first kappa shape index (κ1) is 25.1. The maximum Gasteiger partial charge on any atom is 0.335 e. The molecule has 0 saturated carbocycles. The molecule has 2 aromatic carbocycles. The van der Waals surface area contributed by atoms with Crippen LogP contribution in [0.3, 0.4) is 0 Å². The van der Waals surface area contributed by atoms with Crippen molar-refractivity contribution in [1.29, 1.82) is 0 Å². The highest BCUT2D eigenvalue weighted by molar-refractivity contribution is 7.13. The first-order valence-electron chi connectivity index (χ1n) is 11.7. The molecule has 1 aliphatic carbocycles. The number of allylic oxidation sites excluding steroid dienone is 1. The van der Waals surface area contributed by atoms with Crippen molar-refractivity contribution < 1.29 is 19.4 Å². The van der Waals surface area contributed by atoms with E-state index < -0.39 is 12.3 Å². The van der Waals surface area contributed by atoms with Crippen LogP contribution in [0.4, 0.5) is 0 Å². The predicted octanol–water partition coefficient (Wildman–Crippen LogP) is 7.42. The number of rotatable bonds is 8. The minimum Gasteiger partial charge on any atom is -0.478 e. The molecule has 4 nitrogen and oxygen atoms in total. The molecule has 0 atom stereocenters. The van der Waals surface area contributed by atoms with Gasteiger partial charge >= 0.3 is 5.97 Å². The molecule has 0 radical (unpaired) electrons. The standard InChI is InChI=1S/C30H32O4S/c1-19-6-13-27(35-19)24-14-15-30(2,3)26-12-7-20(17-25(24)26)16-23(18-28(33-4)34-5)21-8-10-22(11-9-21)29(31)32/h6-14,16-17,28H,15,18H2,1-5H3,(H,31,32)/b23-16-. The number of methoxy groups -OCH3 is 2. The Labute approximate surface area is 211 Å². The summed E-state index contributed by atoms with van der Waals surface area (Å²) in [6.07, 6.45) is 5.67. The SMILES string of the molecule is COC(C/C(=C/c1ccc2c(c1)C(c1ccc(C)s1)=CCC2(C)C)c1ccc(C(=O)O)cc1)OC. The summed E-state index contributed by atoms with van der Waals surface area (Å²) >= 11 is 1.83. The zero-order valence-electron chi connectivity index (χ0n) is 20.9. The van der Waals surface area contributed by atoms with Gasteiger partial charge in [0.2, 0.25) is 0 Å². The quantitative estimate of drug-likeness (QED) is 0.265. The molecule has 35 heavy (non-hydrogen) atoms. The number of hydrogen-bond acceptors (Lipinski definition) is 4. The van der Waals surface area contributed by atoms with Crippen LogP contribution in [-0.4, -0.2) is 31.6 Å². The van der Waals surface area contributed by atoms with E-state index in [1.807, 2.05) is 23.5 Å². The van der Waals surface area contributed by atoms with E-state index in [0.29, 0.717) is 6.42 Å². The van der Waals surface area contributed by atoms with Gasteiger partial charge in [0.25, 0.3) is 0 Å². The Morgan fingerprint density at radius 3 is 2.34 bits per heavy atom. The molecule has 1 N–H and O–H groups in total. The molecule has 0 amide bonds. The molecule has 1 aliphatic rings. The monoisotopic (exact) mass is 488 g/mol. The molecule has 0 bridgehead atoms. The Morgan fingerprint density at radius 2 is 1.74 bits per heavy atom. The van der Waals surface area contributed by atoms with Crippen molar-refractivity contribution in [3.8, 4) is 0 Å². The Kier molecular flexibility index (Phi) is 7.41. The van der Waals surface area contributed by atoms with Crippen LogP contribution < -0.4 is 0 Å². The number of ether oxygens (including phenoxy) is 2. The van der Waals surface area contributed by atoms with E-state index in [9.17, 15) is 9.90 Å². The maximum atomic E-state index is 11.3. The number of aromatic carboxylic acids is 1. The van der Waals surface area contributed by atoms with Gasteiger partial charge in [0, 0.05) is 30.4 Å². The lowest BCUT2D eigenvalue weighted by atomic mass is 9.72. The third kappa shape index (κ3) is 5.48. The molecule has 5 heteroatoms. The van der Waals surface area contributed by atoms with Crippen LogP contribution in [0.15, 0.2) is 60.7 Å². The molecular formula is C30H32O4S. The fraction of sp³-hybridized carbons (Fsp3) is 0.300. The summed E-state index contributed by atoms with van der Waals surface area (Å²) in [5.41, 5.74) is 7.31. The lowest BCUT2D eigenvalue weighted by Gasteiger charge is -2.32. The van der Waals surface area contributed by atoms with Gasteiger partial charge in [0.15, 0.2) is 6.29 Å². The minimum absolute atomic E-state index is 0.0695. The highest BCUT2D eigenvalue weighted by atomic mass is 32.1. The van der Waals surface area contributed by atoms with Crippen LogP contribution in [0.1, 0.15) is 69.1 Å². The van der Waals surface area contributed by atoms with E-state index in [-0.39, 0.29) is 11.0 Å². The summed E-state index contributed by atoms with van der Waals surface area (Å²) in [6.45, 7) is 6.74. The number of hydrogen-bond donors (Lipinski definition) is 1. The Hall–Kier alpha value is -2.99. The number of carboxylic acid groups (broad SMARTS) is 1. The number of carboxylic acids is 1. The van der Waals surface area contributed by atoms with Gasteiger partial charge in [-0.05, 0) is 82.5 Å². The summed E-state index contributed by atoms with van der Waals surface area (Å²) in [6, 6.07) is 18.1. The third-order valence-corrected chi connectivity index (χ3v) is 7.68. The van der Waals surface area contributed by atoms with E-state index in [1.54, 1.807) is 26.4 Å². The average Bonchev–Trinajstić information content (AvgIpc) is 3.27. The fourth-order valence-corrected chi connectivity index (χ4v) is 5.51. The van der Waals surface area contributed by atoms with Gasteiger partial charge in [-0.15, -0.1) is 11.3 Å². The molecule has 1 heterocycles. The number of carbonyl (C=O) groups is 1. The van der Waals surface area contributed by atoms with E-state index >= 15 is 0 Å². The zero-order chi connectivity index (χ0) is 25.2. The average molecular weight is 489 g/mol. The van der Waals surface area contributed by atoms with E-state index in [4.69, 9.17) is 9.47 Å². The highest BCUT2D eigenvalue weighted by Gasteiger charge is 2.29. The van der Waals surface area contributed by atoms with Gasteiger partial charge in [-0.25, -0.2) is 4.79 Å². The maximum absolute atomic E-state index is 11.3.